The number of nitrogens with two attached hydrogens (primary N) is 1. The van der Waals surface area contributed by atoms with Gasteiger partial charge in [-0.2, -0.15) is 0 Å². The molecule has 1 unspecified atom stereocenters. The summed E-state index contributed by atoms with van der Waals surface area (Å²) in [6, 6.07) is 20.1. The molecule has 1 aliphatic carbocycles. The van der Waals surface area contributed by atoms with Gasteiger partial charge < -0.3 is 21.1 Å². The second-order valence-electron chi connectivity index (χ2n) is 8.80. The number of benzene rings is 3. The fourth-order valence-electron chi connectivity index (χ4n) is 4.01. The molecule has 34 heavy (non-hydrogen) atoms. The van der Waals surface area contributed by atoms with Crippen molar-refractivity contribution >= 4 is 16.7 Å². The van der Waals surface area contributed by atoms with E-state index in [-0.39, 0.29) is 18.1 Å². The van der Waals surface area contributed by atoms with E-state index < -0.39 is 6.67 Å². The zero-order valence-corrected chi connectivity index (χ0v) is 20.4. The SMILES string of the molecule is CCC(N)CNC.Cc1ccc(OCCF)cc1C(=O)NC1(c2cccc3ccccc23)CC1. The van der Waals surface area contributed by atoms with Crippen LogP contribution in [0.4, 0.5) is 4.39 Å². The topological polar surface area (TPSA) is 76.4 Å². The number of alkyl halides is 1. The fraction of sp³-hybridized carbons (Fsp3) is 0.393. The number of hydrogen-bond acceptors (Lipinski definition) is 4. The van der Waals surface area contributed by atoms with Crippen LogP contribution in [0.3, 0.4) is 0 Å². The van der Waals surface area contributed by atoms with Gasteiger partial charge in [0.15, 0.2) is 0 Å². The molecule has 1 fully saturated rings. The van der Waals surface area contributed by atoms with Crippen LogP contribution in [-0.2, 0) is 5.54 Å². The molecule has 0 radical (unpaired) electrons. The summed E-state index contributed by atoms with van der Waals surface area (Å²) < 4.78 is 17.7. The van der Waals surface area contributed by atoms with Gasteiger partial charge in [-0.05, 0) is 67.3 Å². The summed E-state index contributed by atoms with van der Waals surface area (Å²) in [5.74, 6) is 0.391. The maximum atomic E-state index is 13.0. The van der Waals surface area contributed by atoms with Gasteiger partial charge in [-0.15, -0.1) is 0 Å². The van der Waals surface area contributed by atoms with Crippen molar-refractivity contribution in [1.29, 1.82) is 0 Å². The van der Waals surface area contributed by atoms with Gasteiger partial charge in [-0.25, -0.2) is 4.39 Å². The van der Waals surface area contributed by atoms with Gasteiger partial charge in [-0.3, -0.25) is 4.79 Å². The van der Waals surface area contributed by atoms with Crippen molar-refractivity contribution in [1.82, 2.24) is 10.6 Å². The number of halogens is 1. The van der Waals surface area contributed by atoms with E-state index in [9.17, 15) is 9.18 Å². The third-order valence-electron chi connectivity index (χ3n) is 6.20. The van der Waals surface area contributed by atoms with Gasteiger partial charge in [0.1, 0.15) is 19.0 Å². The van der Waals surface area contributed by atoms with Gasteiger partial charge in [0.2, 0.25) is 0 Å². The first-order valence-corrected chi connectivity index (χ1v) is 11.9. The number of carbonyl (C=O) groups is 1. The van der Waals surface area contributed by atoms with Crippen molar-refractivity contribution in [2.24, 2.45) is 5.73 Å². The molecule has 0 bridgehead atoms. The van der Waals surface area contributed by atoms with E-state index in [1.54, 1.807) is 12.1 Å². The number of aryl methyl sites for hydroxylation is 1. The number of likely N-dealkylation sites (N-methyl/N-ethyl adjacent to an activating group) is 1. The molecule has 5 nitrogen and oxygen atoms in total. The van der Waals surface area contributed by atoms with Crippen LogP contribution >= 0.6 is 0 Å². The van der Waals surface area contributed by atoms with Crippen LogP contribution in [0.2, 0.25) is 0 Å². The number of amides is 1. The van der Waals surface area contributed by atoms with E-state index in [0.717, 1.165) is 36.9 Å². The molecule has 1 amide bonds. The molecular weight excluding hydrogens is 429 g/mol. The molecular formula is C28H36FN3O2. The summed E-state index contributed by atoms with van der Waals surface area (Å²) in [5.41, 5.74) is 7.80. The third kappa shape index (κ3) is 6.33. The second-order valence-corrected chi connectivity index (χ2v) is 8.80. The number of ether oxygens (including phenoxy) is 1. The highest BCUT2D eigenvalue weighted by molar-refractivity contribution is 5.97. The summed E-state index contributed by atoms with van der Waals surface area (Å²) in [6.07, 6.45) is 2.90. The van der Waals surface area contributed by atoms with Gasteiger partial charge in [0, 0.05) is 18.2 Å². The lowest BCUT2D eigenvalue weighted by atomic mass is 9.96. The summed E-state index contributed by atoms with van der Waals surface area (Å²) in [4.78, 5) is 13.0. The van der Waals surface area contributed by atoms with Crippen LogP contribution in [0.1, 0.15) is 47.7 Å². The Balaban J connectivity index is 0.000000406. The lowest BCUT2D eigenvalue weighted by Crippen LogP contribution is -2.35. The minimum Gasteiger partial charge on any atom is -0.491 e. The first kappa shape index (κ1) is 25.7. The first-order valence-electron chi connectivity index (χ1n) is 11.9. The van der Waals surface area contributed by atoms with Crippen molar-refractivity contribution < 1.29 is 13.9 Å². The van der Waals surface area contributed by atoms with E-state index in [1.165, 1.54) is 10.8 Å². The van der Waals surface area contributed by atoms with Gasteiger partial charge in [-0.1, -0.05) is 55.5 Å². The predicted molar refractivity (Wildman–Crippen MR) is 137 cm³/mol. The molecule has 4 N–H and O–H groups in total. The average molecular weight is 466 g/mol. The van der Waals surface area contributed by atoms with Crippen molar-refractivity contribution in [2.45, 2.75) is 44.7 Å². The highest BCUT2D eigenvalue weighted by Crippen LogP contribution is 2.48. The molecule has 0 heterocycles. The normalized spacial score (nSPS) is 14.6. The van der Waals surface area contributed by atoms with Crippen molar-refractivity contribution in [3.63, 3.8) is 0 Å². The molecule has 4 rings (SSSR count). The van der Waals surface area contributed by atoms with E-state index in [4.69, 9.17) is 10.5 Å². The second kappa shape index (κ2) is 12.0. The van der Waals surface area contributed by atoms with Gasteiger partial charge >= 0.3 is 0 Å². The Morgan fingerprint density at radius 3 is 2.53 bits per heavy atom. The van der Waals surface area contributed by atoms with Gasteiger partial charge in [0.05, 0.1) is 5.54 Å². The zero-order valence-electron chi connectivity index (χ0n) is 20.4. The Hall–Kier alpha value is -2.96. The lowest BCUT2D eigenvalue weighted by Gasteiger charge is -2.21. The predicted octanol–water partition coefficient (Wildman–Crippen LogP) is 4.86. The van der Waals surface area contributed by atoms with Crippen LogP contribution in [0.15, 0.2) is 60.7 Å². The minimum atomic E-state index is -0.556. The smallest absolute Gasteiger partial charge is 0.252 e. The number of rotatable bonds is 9. The Bertz CT molecular complexity index is 1090. The van der Waals surface area contributed by atoms with E-state index in [0.29, 0.717) is 17.4 Å². The van der Waals surface area contributed by atoms with E-state index in [2.05, 4.69) is 41.8 Å². The standard InChI is InChI=1S/C23H22FNO2.C5H14N2/c1-16-9-10-18(27-14-13-24)15-20(16)22(26)25-23(11-12-23)21-8-4-6-17-5-2-3-7-19(17)21;1-3-5(6)4-7-2/h2-10,15H,11-14H2,1H3,(H,25,26);5,7H,3-4,6H2,1-2H3. The summed E-state index contributed by atoms with van der Waals surface area (Å²) in [5, 5.41) is 8.59. The van der Waals surface area contributed by atoms with Crippen molar-refractivity contribution in [3.8, 4) is 5.75 Å². The Kier molecular flexibility index (Phi) is 9.02. The molecule has 0 aliphatic heterocycles. The summed E-state index contributed by atoms with van der Waals surface area (Å²) >= 11 is 0. The van der Waals surface area contributed by atoms with E-state index in [1.807, 2.05) is 38.2 Å². The molecule has 3 aromatic rings. The van der Waals surface area contributed by atoms with Crippen LogP contribution in [0, 0.1) is 6.92 Å². The van der Waals surface area contributed by atoms with Crippen LogP contribution in [0.5, 0.6) is 5.75 Å². The van der Waals surface area contributed by atoms with Crippen LogP contribution in [-0.4, -0.2) is 38.8 Å². The number of hydrogen-bond donors (Lipinski definition) is 3. The number of fused-ring (bicyclic) bond motifs is 1. The largest absolute Gasteiger partial charge is 0.491 e. The molecule has 1 aliphatic rings. The molecule has 0 aromatic heterocycles. The molecule has 1 atom stereocenters. The number of nitrogens with one attached hydrogen (secondary N) is 2. The molecule has 6 heteroatoms. The molecule has 0 spiro atoms. The lowest BCUT2D eigenvalue weighted by molar-refractivity contribution is 0.0930. The quantitative estimate of drug-likeness (QED) is 0.422. The molecule has 182 valence electrons. The first-order chi connectivity index (χ1) is 16.4. The summed E-state index contributed by atoms with van der Waals surface area (Å²) in [6.45, 7) is 4.34. The zero-order chi connectivity index (χ0) is 24.6. The van der Waals surface area contributed by atoms with Crippen LogP contribution in [0.25, 0.3) is 10.8 Å². The monoisotopic (exact) mass is 465 g/mol. The van der Waals surface area contributed by atoms with Crippen LogP contribution < -0.4 is 21.1 Å². The number of carbonyl (C=O) groups excluding carboxylic acids is 1. The molecule has 3 aromatic carbocycles. The van der Waals surface area contributed by atoms with Gasteiger partial charge in [0.25, 0.3) is 5.91 Å². The maximum Gasteiger partial charge on any atom is 0.252 e. The Morgan fingerprint density at radius 2 is 1.88 bits per heavy atom. The van der Waals surface area contributed by atoms with Crippen molar-refractivity contribution in [3.05, 3.63) is 77.4 Å². The average Bonchev–Trinajstić information content (AvgIpc) is 3.63. The minimum absolute atomic E-state index is 0.00986. The molecule has 1 saturated carbocycles. The summed E-state index contributed by atoms with van der Waals surface area (Å²) in [7, 11) is 1.91. The Labute approximate surface area is 201 Å². The highest BCUT2D eigenvalue weighted by atomic mass is 19.1. The maximum absolute atomic E-state index is 13.0. The molecule has 0 saturated heterocycles. The Morgan fingerprint density at radius 1 is 1.15 bits per heavy atom. The van der Waals surface area contributed by atoms with E-state index >= 15 is 0 Å². The fourth-order valence-corrected chi connectivity index (χ4v) is 4.01. The third-order valence-corrected chi connectivity index (χ3v) is 6.20. The van der Waals surface area contributed by atoms with Crippen molar-refractivity contribution in [2.75, 3.05) is 26.9 Å². The highest BCUT2D eigenvalue weighted by Gasteiger charge is 2.46.